The quantitative estimate of drug-likeness (QED) is 0.250. The summed E-state index contributed by atoms with van der Waals surface area (Å²) in [5.41, 5.74) is 4.36. The number of imide groups is 1. The number of carbonyl (C=O) groups is 4. The number of carboxylic acids is 1. The van der Waals surface area contributed by atoms with Gasteiger partial charge in [-0.3, -0.25) is 24.6 Å². The molecular formula is C24H25BrN4O6. The molecule has 0 bridgehead atoms. The smallest absolute Gasteiger partial charge is 0.324 e. The Morgan fingerprint density at radius 2 is 1.86 bits per heavy atom. The molecule has 2 aromatic carbocycles. The SMILES string of the molecule is NC(=O)NCCCC1(C(=O)O)NC(c2cc(Br)ccc2O)C2C(=O)N(Cc3ccccc3)C(=O)C21. The molecule has 0 aliphatic carbocycles. The van der Waals surface area contributed by atoms with Crippen LogP contribution in [-0.4, -0.2) is 51.0 Å². The molecule has 2 aromatic rings. The number of hydrogen-bond donors (Lipinski definition) is 5. The van der Waals surface area contributed by atoms with Crippen LogP contribution in [0.3, 0.4) is 0 Å². The number of rotatable bonds is 8. The van der Waals surface area contributed by atoms with Gasteiger partial charge in [0.2, 0.25) is 11.8 Å². The van der Waals surface area contributed by atoms with Gasteiger partial charge in [0, 0.05) is 22.6 Å². The largest absolute Gasteiger partial charge is 0.508 e. The molecule has 2 aliphatic heterocycles. The third kappa shape index (κ3) is 4.48. The van der Waals surface area contributed by atoms with E-state index < -0.39 is 47.2 Å². The van der Waals surface area contributed by atoms with E-state index in [9.17, 15) is 29.4 Å². The first-order valence-corrected chi connectivity index (χ1v) is 11.9. The van der Waals surface area contributed by atoms with Gasteiger partial charge in [0.05, 0.1) is 18.4 Å². The molecule has 4 rings (SSSR count). The Balaban J connectivity index is 1.75. The molecule has 4 atom stereocenters. The molecule has 35 heavy (non-hydrogen) atoms. The predicted molar refractivity (Wildman–Crippen MR) is 128 cm³/mol. The lowest BCUT2D eigenvalue weighted by Crippen LogP contribution is -2.56. The number of carbonyl (C=O) groups excluding carboxylic acids is 3. The van der Waals surface area contributed by atoms with Crippen molar-refractivity contribution in [2.24, 2.45) is 17.6 Å². The zero-order chi connectivity index (χ0) is 25.3. The molecule has 2 fully saturated rings. The van der Waals surface area contributed by atoms with Crippen molar-refractivity contribution >= 4 is 39.7 Å². The number of aliphatic carboxylic acids is 1. The number of nitrogens with two attached hydrogens (primary N) is 1. The van der Waals surface area contributed by atoms with Crippen molar-refractivity contribution in [3.63, 3.8) is 0 Å². The number of likely N-dealkylation sites (tertiary alicyclic amines) is 1. The van der Waals surface area contributed by atoms with Crippen molar-refractivity contribution in [1.29, 1.82) is 0 Å². The van der Waals surface area contributed by atoms with Crippen LogP contribution in [0.15, 0.2) is 53.0 Å². The van der Waals surface area contributed by atoms with E-state index in [0.29, 0.717) is 10.0 Å². The summed E-state index contributed by atoms with van der Waals surface area (Å²) in [5, 5.41) is 26.4. The van der Waals surface area contributed by atoms with Crippen LogP contribution < -0.4 is 16.4 Å². The summed E-state index contributed by atoms with van der Waals surface area (Å²) in [4.78, 5) is 52.1. The van der Waals surface area contributed by atoms with E-state index in [1.165, 1.54) is 6.07 Å². The molecule has 0 saturated carbocycles. The maximum Gasteiger partial charge on any atom is 0.324 e. The Hall–Kier alpha value is -3.44. The highest BCUT2D eigenvalue weighted by Crippen LogP contribution is 2.52. The molecule has 0 radical (unpaired) electrons. The fourth-order valence-electron chi connectivity index (χ4n) is 5.14. The Bertz CT molecular complexity index is 1180. The molecule has 2 saturated heterocycles. The number of fused-ring (bicyclic) bond motifs is 1. The molecular weight excluding hydrogens is 520 g/mol. The minimum atomic E-state index is -1.79. The van der Waals surface area contributed by atoms with Crippen LogP contribution in [0, 0.1) is 11.8 Å². The first-order valence-electron chi connectivity index (χ1n) is 11.1. The predicted octanol–water partition coefficient (Wildman–Crippen LogP) is 1.87. The maximum absolute atomic E-state index is 13.6. The van der Waals surface area contributed by atoms with E-state index in [2.05, 4.69) is 26.6 Å². The van der Waals surface area contributed by atoms with Crippen molar-refractivity contribution in [3.8, 4) is 5.75 Å². The number of amides is 4. The van der Waals surface area contributed by atoms with Gasteiger partial charge in [0.1, 0.15) is 11.3 Å². The van der Waals surface area contributed by atoms with Gasteiger partial charge < -0.3 is 21.3 Å². The molecule has 184 valence electrons. The summed E-state index contributed by atoms with van der Waals surface area (Å²) in [5.74, 6) is -4.73. The van der Waals surface area contributed by atoms with E-state index >= 15 is 0 Å². The summed E-state index contributed by atoms with van der Waals surface area (Å²) in [6, 6.07) is 12.0. The molecule has 4 unspecified atom stereocenters. The Morgan fingerprint density at radius 3 is 2.51 bits per heavy atom. The lowest BCUT2D eigenvalue weighted by molar-refractivity contribution is -0.152. The number of benzene rings is 2. The van der Waals surface area contributed by atoms with Crippen LogP contribution in [0.4, 0.5) is 4.79 Å². The van der Waals surface area contributed by atoms with Gasteiger partial charge in [-0.25, -0.2) is 4.79 Å². The fraction of sp³-hybridized carbons (Fsp3) is 0.333. The summed E-state index contributed by atoms with van der Waals surface area (Å²) in [7, 11) is 0. The third-order valence-corrected chi connectivity index (χ3v) is 7.18. The topological polar surface area (TPSA) is 162 Å². The zero-order valence-corrected chi connectivity index (χ0v) is 20.2. The molecule has 10 nitrogen and oxygen atoms in total. The normalized spacial score (nSPS) is 25.5. The van der Waals surface area contributed by atoms with Gasteiger partial charge in [0.15, 0.2) is 0 Å². The Kier molecular flexibility index (Phi) is 6.82. The average molecular weight is 545 g/mol. The minimum absolute atomic E-state index is 0.0155. The van der Waals surface area contributed by atoms with Gasteiger partial charge in [-0.05, 0) is 36.6 Å². The van der Waals surface area contributed by atoms with Crippen LogP contribution in [-0.2, 0) is 20.9 Å². The summed E-state index contributed by atoms with van der Waals surface area (Å²) >= 11 is 3.35. The summed E-state index contributed by atoms with van der Waals surface area (Å²) < 4.78 is 0.625. The fourth-order valence-corrected chi connectivity index (χ4v) is 5.52. The van der Waals surface area contributed by atoms with Crippen molar-refractivity contribution < 1.29 is 29.4 Å². The Morgan fingerprint density at radius 1 is 1.14 bits per heavy atom. The number of hydrogen-bond acceptors (Lipinski definition) is 6. The van der Waals surface area contributed by atoms with Crippen LogP contribution >= 0.6 is 15.9 Å². The van der Waals surface area contributed by atoms with Gasteiger partial charge in [-0.15, -0.1) is 0 Å². The van der Waals surface area contributed by atoms with Crippen molar-refractivity contribution in [1.82, 2.24) is 15.5 Å². The molecule has 0 spiro atoms. The second-order valence-electron chi connectivity index (χ2n) is 8.75. The van der Waals surface area contributed by atoms with Crippen molar-refractivity contribution in [2.75, 3.05) is 6.54 Å². The third-order valence-electron chi connectivity index (χ3n) is 6.68. The summed E-state index contributed by atoms with van der Waals surface area (Å²) in [6.45, 7) is 0.119. The van der Waals surface area contributed by atoms with E-state index in [1.54, 1.807) is 36.4 Å². The van der Waals surface area contributed by atoms with E-state index in [4.69, 9.17) is 5.73 Å². The first kappa shape index (κ1) is 24.7. The van der Waals surface area contributed by atoms with E-state index in [1.807, 2.05) is 6.07 Å². The van der Waals surface area contributed by atoms with Crippen LogP contribution in [0.5, 0.6) is 5.75 Å². The number of phenols is 1. The van der Waals surface area contributed by atoms with Gasteiger partial charge in [-0.1, -0.05) is 46.3 Å². The molecule has 11 heteroatoms. The average Bonchev–Trinajstić information content (AvgIpc) is 3.29. The highest BCUT2D eigenvalue weighted by Gasteiger charge is 2.68. The lowest BCUT2D eigenvalue weighted by atomic mass is 9.77. The van der Waals surface area contributed by atoms with Gasteiger partial charge in [-0.2, -0.15) is 0 Å². The van der Waals surface area contributed by atoms with Gasteiger partial charge in [0.25, 0.3) is 0 Å². The Labute approximate surface area is 209 Å². The highest BCUT2D eigenvalue weighted by atomic mass is 79.9. The maximum atomic E-state index is 13.6. The van der Waals surface area contributed by atoms with E-state index in [0.717, 1.165) is 10.5 Å². The van der Waals surface area contributed by atoms with Crippen molar-refractivity contribution in [3.05, 3.63) is 64.1 Å². The number of primary amides is 1. The monoisotopic (exact) mass is 544 g/mol. The number of nitrogens with one attached hydrogen (secondary N) is 2. The van der Waals surface area contributed by atoms with Crippen LogP contribution in [0.2, 0.25) is 0 Å². The second kappa shape index (κ2) is 9.67. The van der Waals surface area contributed by atoms with Crippen molar-refractivity contribution in [2.45, 2.75) is 31.0 Å². The number of nitrogens with zero attached hydrogens (tertiary/aromatic N) is 1. The molecule has 6 N–H and O–H groups in total. The first-order chi connectivity index (χ1) is 16.7. The van der Waals surface area contributed by atoms with Crippen LogP contribution in [0.25, 0.3) is 0 Å². The molecule has 2 heterocycles. The molecule has 0 aromatic heterocycles. The molecule has 4 amide bonds. The van der Waals surface area contributed by atoms with Gasteiger partial charge >= 0.3 is 12.0 Å². The second-order valence-corrected chi connectivity index (χ2v) is 9.66. The summed E-state index contributed by atoms with van der Waals surface area (Å²) in [6.07, 6.45) is 0.149. The number of halogens is 1. The number of urea groups is 1. The number of carboxylic acid groups (broad SMARTS) is 1. The van der Waals surface area contributed by atoms with E-state index in [-0.39, 0.29) is 31.7 Å². The zero-order valence-electron chi connectivity index (χ0n) is 18.6. The molecule has 2 aliphatic rings. The van der Waals surface area contributed by atoms with Crippen LogP contribution in [0.1, 0.15) is 30.0 Å². The number of aromatic hydroxyl groups is 1. The highest BCUT2D eigenvalue weighted by molar-refractivity contribution is 9.10. The lowest BCUT2D eigenvalue weighted by Gasteiger charge is -2.31. The number of phenolic OH excluding ortho intramolecular Hbond substituents is 1. The standard InChI is InChI=1S/C24H25BrN4O6/c25-14-7-8-16(30)15(11-14)19-17-18(24(28-19,22(33)34)9-4-10-27-23(26)35)21(32)29(20(17)31)12-13-5-2-1-3-6-13/h1-3,5-8,11,17-19,28,30H,4,9-10,12H2,(H,33,34)(H3,26,27,35). The minimum Gasteiger partial charge on any atom is -0.508 e.